The molecule has 3 rings (SSSR count). The minimum Gasteiger partial charge on any atom is -0.493 e. The second kappa shape index (κ2) is 9.77. The Labute approximate surface area is 165 Å². The number of carbonyl (C=O) groups excluding carboxylic acids is 1. The molecule has 150 valence electrons. The minimum atomic E-state index is -0.0356. The molecule has 0 radical (unpaired) electrons. The number of rotatable bonds is 7. The standard InChI is InChI=1S/C20H27N5O3/c1-3-28-17-6-5-16(15-18(17)27-2)7-10-23-20(26)25-13-11-24(12-14-25)19-21-8-4-9-22-19/h4-6,8-9,15H,3,7,10-14H2,1-2H3,(H,23,26). The second-order valence-corrected chi connectivity index (χ2v) is 6.42. The Bertz CT molecular complexity index is 764. The van der Waals surface area contributed by atoms with Crippen molar-refractivity contribution in [1.82, 2.24) is 20.2 Å². The van der Waals surface area contributed by atoms with Crippen LogP contribution in [0, 0.1) is 0 Å². The Balaban J connectivity index is 1.44. The summed E-state index contributed by atoms with van der Waals surface area (Å²) in [5.74, 6) is 2.16. The van der Waals surface area contributed by atoms with Crippen LogP contribution in [0.25, 0.3) is 0 Å². The predicted molar refractivity (Wildman–Crippen MR) is 107 cm³/mol. The molecule has 0 saturated carbocycles. The fourth-order valence-electron chi connectivity index (χ4n) is 3.13. The lowest BCUT2D eigenvalue weighted by molar-refractivity contribution is 0.194. The fraction of sp³-hybridized carbons (Fsp3) is 0.450. The van der Waals surface area contributed by atoms with E-state index >= 15 is 0 Å². The van der Waals surface area contributed by atoms with Gasteiger partial charge in [0.15, 0.2) is 11.5 Å². The number of hydrogen-bond donors (Lipinski definition) is 1. The quantitative estimate of drug-likeness (QED) is 0.785. The van der Waals surface area contributed by atoms with Crippen molar-refractivity contribution in [3.8, 4) is 11.5 Å². The third kappa shape index (κ3) is 5.03. The molecule has 0 atom stereocenters. The summed E-state index contributed by atoms with van der Waals surface area (Å²) in [6.45, 7) is 5.87. The van der Waals surface area contributed by atoms with Crippen LogP contribution < -0.4 is 19.7 Å². The second-order valence-electron chi connectivity index (χ2n) is 6.42. The van der Waals surface area contributed by atoms with Gasteiger partial charge in [-0.3, -0.25) is 0 Å². The van der Waals surface area contributed by atoms with Crippen LogP contribution in [0.5, 0.6) is 11.5 Å². The molecule has 1 fully saturated rings. The average molecular weight is 385 g/mol. The molecule has 8 heteroatoms. The summed E-state index contributed by atoms with van der Waals surface area (Å²) < 4.78 is 10.9. The molecular weight excluding hydrogens is 358 g/mol. The smallest absolute Gasteiger partial charge is 0.317 e. The van der Waals surface area contributed by atoms with Crippen LogP contribution in [0.2, 0.25) is 0 Å². The highest BCUT2D eigenvalue weighted by molar-refractivity contribution is 5.74. The Kier molecular flexibility index (Phi) is 6.89. The van der Waals surface area contributed by atoms with E-state index in [1.54, 1.807) is 25.6 Å². The normalized spacial score (nSPS) is 13.9. The zero-order chi connectivity index (χ0) is 19.8. The zero-order valence-electron chi connectivity index (χ0n) is 16.4. The van der Waals surface area contributed by atoms with Crippen LogP contribution >= 0.6 is 0 Å². The molecule has 0 unspecified atom stereocenters. The molecular formula is C20H27N5O3. The topological polar surface area (TPSA) is 79.8 Å². The van der Waals surface area contributed by atoms with Gasteiger partial charge in [0.2, 0.25) is 5.95 Å². The van der Waals surface area contributed by atoms with Gasteiger partial charge < -0.3 is 24.6 Å². The van der Waals surface area contributed by atoms with E-state index in [0.717, 1.165) is 30.8 Å². The first kappa shape index (κ1) is 19.7. The van der Waals surface area contributed by atoms with Crippen molar-refractivity contribution >= 4 is 12.0 Å². The van der Waals surface area contributed by atoms with E-state index in [2.05, 4.69) is 20.2 Å². The number of nitrogens with zero attached hydrogens (tertiary/aromatic N) is 4. The highest BCUT2D eigenvalue weighted by Crippen LogP contribution is 2.28. The fourth-order valence-corrected chi connectivity index (χ4v) is 3.13. The van der Waals surface area contributed by atoms with E-state index < -0.39 is 0 Å². The number of benzene rings is 1. The maximum Gasteiger partial charge on any atom is 0.317 e. The van der Waals surface area contributed by atoms with E-state index in [1.807, 2.05) is 30.0 Å². The molecule has 2 heterocycles. The molecule has 0 spiro atoms. The van der Waals surface area contributed by atoms with Crippen LogP contribution in [0.15, 0.2) is 36.7 Å². The van der Waals surface area contributed by atoms with Gasteiger partial charge in [0.05, 0.1) is 13.7 Å². The van der Waals surface area contributed by atoms with Crippen molar-refractivity contribution in [2.75, 3.05) is 51.3 Å². The van der Waals surface area contributed by atoms with Crippen molar-refractivity contribution in [2.24, 2.45) is 0 Å². The highest BCUT2D eigenvalue weighted by Gasteiger charge is 2.22. The molecule has 2 aromatic rings. The Hall–Kier alpha value is -3.03. The first-order valence-electron chi connectivity index (χ1n) is 9.55. The first-order valence-corrected chi connectivity index (χ1v) is 9.55. The number of piperazine rings is 1. The summed E-state index contributed by atoms with van der Waals surface area (Å²) in [6, 6.07) is 7.62. The molecule has 1 N–H and O–H groups in total. The molecule has 1 saturated heterocycles. The van der Waals surface area contributed by atoms with Crippen LogP contribution in [0.1, 0.15) is 12.5 Å². The monoisotopic (exact) mass is 385 g/mol. The van der Waals surface area contributed by atoms with Crippen LogP contribution in [-0.2, 0) is 6.42 Å². The van der Waals surface area contributed by atoms with E-state index in [4.69, 9.17) is 9.47 Å². The number of nitrogens with one attached hydrogen (secondary N) is 1. The summed E-state index contributed by atoms with van der Waals surface area (Å²) in [4.78, 5) is 24.9. The molecule has 1 aromatic carbocycles. The van der Waals surface area contributed by atoms with Crippen molar-refractivity contribution in [2.45, 2.75) is 13.3 Å². The maximum absolute atomic E-state index is 12.4. The van der Waals surface area contributed by atoms with Crippen LogP contribution in [0.3, 0.4) is 0 Å². The van der Waals surface area contributed by atoms with E-state index in [9.17, 15) is 4.79 Å². The lowest BCUT2D eigenvalue weighted by Gasteiger charge is -2.34. The van der Waals surface area contributed by atoms with Gasteiger partial charge in [0, 0.05) is 45.1 Å². The molecule has 0 bridgehead atoms. The lowest BCUT2D eigenvalue weighted by atomic mass is 10.1. The van der Waals surface area contributed by atoms with Crippen LogP contribution in [-0.4, -0.2) is 67.3 Å². The van der Waals surface area contributed by atoms with E-state index in [1.165, 1.54) is 0 Å². The Morgan fingerprint density at radius 2 is 1.89 bits per heavy atom. The molecule has 0 aliphatic carbocycles. The summed E-state index contributed by atoms with van der Waals surface area (Å²) in [7, 11) is 1.63. The summed E-state index contributed by atoms with van der Waals surface area (Å²) in [5, 5.41) is 3.00. The van der Waals surface area contributed by atoms with Gasteiger partial charge in [-0.25, -0.2) is 14.8 Å². The van der Waals surface area contributed by atoms with Crippen LogP contribution in [0.4, 0.5) is 10.7 Å². The van der Waals surface area contributed by atoms with Gasteiger partial charge in [-0.05, 0) is 37.1 Å². The predicted octanol–water partition coefficient (Wildman–Crippen LogP) is 1.96. The lowest BCUT2D eigenvalue weighted by Crippen LogP contribution is -2.52. The number of amides is 2. The number of ether oxygens (including phenoxy) is 2. The zero-order valence-corrected chi connectivity index (χ0v) is 16.4. The van der Waals surface area contributed by atoms with Gasteiger partial charge in [0.25, 0.3) is 0 Å². The summed E-state index contributed by atoms with van der Waals surface area (Å²) >= 11 is 0. The van der Waals surface area contributed by atoms with Gasteiger partial charge in [-0.2, -0.15) is 0 Å². The molecule has 8 nitrogen and oxygen atoms in total. The largest absolute Gasteiger partial charge is 0.493 e. The molecule has 1 aromatic heterocycles. The minimum absolute atomic E-state index is 0.0356. The van der Waals surface area contributed by atoms with E-state index in [-0.39, 0.29) is 6.03 Å². The van der Waals surface area contributed by atoms with E-state index in [0.29, 0.717) is 37.9 Å². The SMILES string of the molecule is CCOc1ccc(CCNC(=O)N2CCN(c3ncccn3)CC2)cc1OC. The number of anilines is 1. The van der Waals surface area contributed by atoms with Gasteiger partial charge in [-0.15, -0.1) is 0 Å². The van der Waals surface area contributed by atoms with Gasteiger partial charge in [0.1, 0.15) is 0 Å². The number of aromatic nitrogens is 2. The van der Waals surface area contributed by atoms with Crippen molar-refractivity contribution in [1.29, 1.82) is 0 Å². The molecule has 2 amide bonds. The Morgan fingerprint density at radius 3 is 2.57 bits per heavy atom. The van der Waals surface area contributed by atoms with Crippen molar-refractivity contribution < 1.29 is 14.3 Å². The first-order chi connectivity index (χ1) is 13.7. The third-order valence-electron chi connectivity index (χ3n) is 4.62. The number of carbonyl (C=O) groups is 1. The van der Waals surface area contributed by atoms with Gasteiger partial charge in [-0.1, -0.05) is 6.07 Å². The van der Waals surface area contributed by atoms with Crippen molar-refractivity contribution in [3.05, 3.63) is 42.2 Å². The van der Waals surface area contributed by atoms with Gasteiger partial charge >= 0.3 is 6.03 Å². The summed E-state index contributed by atoms with van der Waals surface area (Å²) in [5.41, 5.74) is 1.09. The summed E-state index contributed by atoms with van der Waals surface area (Å²) in [6.07, 6.45) is 4.20. The molecule has 28 heavy (non-hydrogen) atoms. The number of hydrogen-bond acceptors (Lipinski definition) is 6. The third-order valence-corrected chi connectivity index (χ3v) is 4.62. The number of urea groups is 1. The average Bonchev–Trinajstić information content (AvgIpc) is 2.75. The maximum atomic E-state index is 12.4. The van der Waals surface area contributed by atoms with Crippen molar-refractivity contribution in [3.63, 3.8) is 0 Å². The highest BCUT2D eigenvalue weighted by atomic mass is 16.5. The number of methoxy groups -OCH3 is 1. The Morgan fingerprint density at radius 1 is 1.14 bits per heavy atom. The molecule has 1 aliphatic heterocycles. The molecule has 1 aliphatic rings.